The normalized spacial score (nSPS) is 24.0. The number of hydrogen-bond donors (Lipinski definition) is 0. The molecule has 0 amide bonds. The smallest absolute Gasteiger partial charge is 0.189 e. The molecule has 6 heteroatoms. The number of carbonyl (C=O) groups is 1. The van der Waals surface area contributed by atoms with E-state index in [9.17, 15) is 13.6 Å². The zero-order valence-electron chi connectivity index (χ0n) is 12.2. The largest absolute Gasteiger partial charge is 0.469 e. The quantitative estimate of drug-likeness (QED) is 0.792. The molecule has 0 bridgehead atoms. The van der Waals surface area contributed by atoms with Gasteiger partial charge in [0.05, 0.1) is 0 Å². The molecule has 0 saturated carbocycles. The number of ether oxygens (including phenoxy) is 2. The number of rotatable bonds is 4. The minimum atomic E-state index is -0.672. The van der Waals surface area contributed by atoms with Crippen LogP contribution >= 0.6 is 11.8 Å². The lowest BCUT2D eigenvalue weighted by molar-refractivity contribution is -0.117. The maximum atomic E-state index is 14.1. The van der Waals surface area contributed by atoms with Gasteiger partial charge in [0.2, 0.25) is 0 Å². The van der Waals surface area contributed by atoms with Crippen LogP contribution in [0.3, 0.4) is 0 Å². The summed E-state index contributed by atoms with van der Waals surface area (Å²) in [6, 6.07) is 2.46. The number of halogens is 2. The van der Waals surface area contributed by atoms with Crippen molar-refractivity contribution in [2.75, 3.05) is 13.0 Å². The molecule has 1 fully saturated rings. The molecular formula is C16H16F2O3S. The molecule has 1 aromatic rings. The van der Waals surface area contributed by atoms with Gasteiger partial charge in [-0.15, -0.1) is 11.8 Å². The Morgan fingerprint density at radius 1 is 1.32 bits per heavy atom. The van der Waals surface area contributed by atoms with Crippen molar-refractivity contribution >= 4 is 17.5 Å². The van der Waals surface area contributed by atoms with E-state index in [1.54, 1.807) is 6.26 Å². The van der Waals surface area contributed by atoms with Crippen molar-refractivity contribution in [1.82, 2.24) is 0 Å². The van der Waals surface area contributed by atoms with Crippen LogP contribution in [0.25, 0.3) is 0 Å². The summed E-state index contributed by atoms with van der Waals surface area (Å²) in [5.41, 5.74) is -0.355. The van der Waals surface area contributed by atoms with Crippen molar-refractivity contribution < 1.29 is 23.0 Å². The van der Waals surface area contributed by atoms with Crippen molar-refractivity contribution in [1.29, 1.82) is 0 Å². The number of thioether (sulfide) groups is 1. The average Bonchev–Trinajstić information content (AvgIpc) is 2.91. The van der Waals surface area contributed by atoms with E-state index < -0.39 is 17.2 Å². The first kappa shape index (κ1) is 15.5. The number of aryl methyl sites for hydroxylation is 1. The van der Waals surface area contributed by atoms with E-state index in [0.717, 1.165) is 0 Å². The lowest BCUT2D eigenvalue weighted by atomic mass is 9.83. The van der Waals surface area contributed by atoms with Crippen LogP contribution in [0.5, 0.6) is 0 Å². The summed E-state index contributed by atoms with van der Waals surface area (Å²) in [4.78, 5) is 11.8. The van der Waals surface area contributed by atoms with Gasteiger partial charge in [-0.2, -0.15) is 0 Å². The minimum Gasteiger partial charge on any atom is -0.469 e. The van der Waals surface area contributed by atoms with Crippen LogP contribution in [0.4, 0.5) is 8.78 Å². The van der Waals surface area contributed by atoms with Gasteiger partial charge in [-0.3, -0.25) is 4.79 Å². The zero-order valence-corrected chi connectivity index (χ0v) is 13.0. The fourth-order valence-corrected chi connectivity index (χ4v) is 3.37. The summed E-state index contributed by atoms with van der Waals surface area (Å²) in [7, 11) is 0. The van der Waals surface area contributed by atoms with E-state index in [2.05, 4.69) is 0 Å². The third-order valence-corrected chi connectivity index (χ3v) is 4.94. The first-order chi connectivity index (χ1) is 10.5. The second kappa shape index (κ2) is 6.01. The van der Waals surface area contributed by atoms with Crippen molar-refractivity contribution in [2.24, 2.45) is 0 Å². The molecule has 2 aliphatic rings. The van der Waals surface area contributed by atoms with Gasteiger partial charge in [0.1, 0.15) is 23.0 Å². The Balaban J connectivity index is 1.79. The fraction of sp³-hybridized carbons (Fsp3) is 0.438. The molecule has 1 atom stereocenters. The number of allylic oxidation sites excluding steroid dienone is 1. The number of ketones is 1. The number of fused-ring (bicyclic) bond motifs is 1. The second-order valence-electron chi connectivity index (χ2n) is 5.45. The summed E-state index contributed by atoms with van der Waals surface area (Å²) in [5, 5.41) is 0. The van der Waals surface area contributed by atoms with Crippen molar-refractivity contribution in [2.45, 2.75) is 36.2 Å². The highest BCUT2D eigenvalue weighted by atomic mass is 32.2. The van der Waals surface area contributed by atoms with Gasteiger partial charge in [-0.25, -0.2) is 8.78 Å². The van der Waals surface area contributed by atoms with Gasteiger partial charge in [-0.05, 0) is 43.2 Å². The van der Waals surface area contributed by atoms with Crippen LogP contribution in [0, 0.1) is 11.6 Å². The van der Waals surface area contributed by atoms with Crippen LogP contribution in [-0.2, 0) is 20.7 Å². The average molecular weight is 326 g/mol. The summed E-state index contributed by atoms with van der Waals surface area (Å²) in [6.45, 7) is 0.0986. The SMILES string of the molecule is CSc1cc(F)c(CC[C@]23CCC(=O)C=C2OCO3)cc1F. The summed E-state index contributed by atoms with van der Waals surface area (Å²) < 4.78 is 38.9. The lowest BCUT2D eigenvalue weighted by Crippen LogP contribution is -2.34. The molecular weight excluding hydrogens is 310 g/mol. The van der Waals surface area contributed by atoms with Crippen LogP contribution in [0.2, 0.25) is 0 Å². The summed E-state index contributed by atoms with van der Waals surface area (Å²) >= 11 is 1.17. The van der Waals surface area contributed by atoms with Crippen molar-refractivity contribution in [3.8, 4) is 0 Å². The molecule has 0 spiro atoms. The van der Waals surface area contributed by atoms with E-state index in [1.807, 2.05) is 0 Å². The number of carbonyl (C=O) groups excluding carboxylic acids is 1. The molecule has 1 aromatic carbocycles. The predicted octanol–water partition coefficient (Wildman–Crippen LogP) is 3.61. The van der Waals surface area contributed by atoms with Crippen LogP contribution in [-0.4, -0.2) is 24.4 Å². The molecule has 3 nitrogen and oxygen atoms in total. The molecule has 1 saturated heterocycles. The maximum Gasteiger partial charge on any atom is 0.189 e. The molecule has 1 heterocycles. The van der Waals surface area contributed by atoms with E-state index in [4.69, 9.17) is 9.47 Å². The Kier molecular flexibility index (Phi) is 4.23. The highest BCUT2D eigenvalue weighted by molar-refractivity contribution is 7.98. The van der Waals surface area contributed by atoms with Crippen LogP contribution in [0.1, 0.15) is 24.8 Å². The molecule has 118 valence electrons. The number of hydrogen-bond acceptors (Lipinski definition) is 4. The zero-order chi connectivity index (χ0) is 15.7. The Morgan fingerprint density at radius 3 is 2.91 bits per heavy atom. The Bertz CT molecular complexity index is 645. The molecule has 0 N–H and O–H groups in total. The Labute approximate surface area is 131 Å². The third kappa shape index (κ3) is 2.77. The predicted molar refractivity (Wildman–Crippen MR) is 78.6 cm³/mol. The van der Waals surface area contributed by atoms with Gasteiger partial charge in [-0.1, -0.05) is 0 Å². The lowest BCUT2D eigenvalue weighted by Gasteiger charge is -2.29. The molecule has 22 heavy (non-hydrogen) atoms. The van der Waals surface area contributed by atoms with Crippen molar-refractivity contribution in [3.63, 3.8) is 0 Å². The third-order valence-electron chi connectivity index (χ3n) is 4.19. The van der Waals surface area contributed by atoms with Gasteiger partial charge in [0, 0.05) is 17.4 Å². The fourth-order valence-electron chi connectivity index (χ4n) is 2.90. The van der Waals surface area contributed by atoms with Gasteiger partial charge in [0.25, 0.3) is 0 Å². The second-order valence-corrected chi connectivity index (χ2v) is 6.30. The topological polar surface area (TPSA) is 35.5 Å². The highest BCUT2D eigenvalue weighted by Gasteiger charge is 2.44. The molecule has 3 rings (SSSR count). The number of benzene rings is 1. The molecule has 0 unspecified atom stereocenters. The Morgan fingerprint density at radius 2 is 2.14 bits per heavy atom. The van der Waals surface area contributed by atoms with E-state index >= 15 is 0 Å². The van der Waals surface area contributed by atoms with Gasteiger partial charge in [0.15, 0.2) is 12.6 Å². The van der Waals surface area contributed by atoms with Gasteiger partial charge >= 0.3 is 0 Å². The van der Waals surface area contributed by atoms with Crippen molar-refractivity contribution in [3.05, 3.63) is 41.2 Å². The summed E-state index contributed by atoms with van der Waals surface area (Å²) in [6.07, 6.45) is 4.85. The maximum absolute atomic E-state index is 14.1. The molecule has 1 aliphatic carbocycles. The van der Waals surface area contributed by atoms with E-state index in [1.165, 1.54) is 30.0 Å². The minimum absolute atomic E-state index is 0.0117. The molecule has 0 radical (unpaired) electrons. The summed E-state index contributed by atoms with van der Waals surface area (Å²) in [5.74, 6) is -0.305. The standard InChI is InChI=1S/C16H16F2O3S/c1-22-14-8-12(17)10(6-13(14)18)2-4-16-5-3-11(19)7-15(16)20-9-21-16/h6-8H,2-5,9H2,1H3/t16-/m0/s1. The molecule has 0 aromatic heterocycles. The van der Waals surface area contributed by atoms with Crippen LogP contribution in [0.15, 0.2) is 28.9 Å². The first-order valence-electron chi connectivity index (χ1n) is 7.08. The first-order valence-corrected chi connectivity index (χ1v) is 8.30. The van der Waals surface area contributed by atoms with E-state index in [0.29, 0.717) is 41.9 Å². The van der Waals surface area contributed by atoms with Crippen LogP contribution < -0.4 is 0 Å². The molecule has 1 aliphatic heterocycles. The highest BCUT2D eigenvalue weighted by Crippen LogP contribution is 2.40. The van der Waals surface area contributed by atoms with Gasteiger partial charge < -0.3 is 9.47 Å². The Hall–Kier alpha value is -1.40. The van der Waals surface area contributed by atoms with E-state index in [-0.39, 0.29) is 12.6 Å². The monoisotopic (exact) mass is 326 g/mol.